The first-order valence-corrected chi connectivity index (χ1v) is 10.5. The second kappa shape index (κ2) is 9.92. The van der Waals surface area contributed by atoms with Crippen LogP contribution in [0.25, 0.3) is 0 Å². The van der Waals surface area contributed by atoms with Gasteiger partial charge in [-0.25, -0.2) is 0 Å². The number of β-amino-alcohol motifs (C(OH)–C–C–N with tert-alkyl or cyclic N) is 1. The zero-order chi connectivity index (χ0) is 22.5. The van der Waals surface area contributed by atoms with E-state index in [1.807, 2.05) is 24.3 Å². The van der Waals surface area contributed by atoms with E-state index in [1.165, 1.54) is 14.2 Å². The van der Waals surface area contributed by atoms with Crippen molar-refractivity contribution >= 4 is 17.5 Å². The number of benzene rings is 1. The van der Waals surface area contributed by atoms with Crippen molar-refractivity contribution in [3.63, 3.8) is 0 Å². The van der Waals surface area contributed by atoms with Crippen LogP contribution in [0.1, 0.15) is 37.3 Å². The molecule has 0 saturated carbocycles. The summed E-state index contributed by atoms with van der Waals surface area (Å²) < 4.78 is 10.2. The van der Waals surface area contributed by atoms with Crippen molar-refractivity contribution in [2.24, 2.45) is 0 Å². The number of hydrogen-bond acceptors (Lipinski definition) is 6. The molecular weight excluding hydrogens is 398 g/mol. The van der Waals surface area contributed by atoms with Crippen LogP contribution in [0.15, 0.2) is 46.9 Å². The molecule has 0 aromatic heterocycles. The molecule has 1 amide bonds. The van der Waals surface area contributed by atoms with Crippen molar-refractivity contribution in [2.45, 2.75) is 45.1 Å². The van der Waals surface area contributed by atoms with Gasteiger partial charge in [-0.15, -0.1) is 0 Å². The van der Waals surface area contributed by atoms with Crippen molar-refractivity contribution in [3.8, 4) is 0 Å². The molecule has 1 aromatic carbocycles. The van der Waals surface area contributed by atoms with Crippen molar-refractivity contribution in [3.05, 3.63) is 58.1 Å². The summed E-state index contributed by atoms with van der Waals surface area (Å²) >= 11 is 0. The number of nitrogens with zero attached hydrogens (tertiary/aromatic N) is 1. The highest BCUT2D eigenvalue weighted by Gasteiger charge is 2.34. The van der Waals surface area contributed by atoms with Crippen molar-refractivity contribution in [2.75, 3.05) is 27.3 Å². The highest BCUT2D eigenvalue weighted by molar-refractivity contribution is 6.23. The number of Topliss-reactive ketones (excluding diaryl/α,β-unsaturated/α-hetero) is 2. The zero-order valence-electron chi connectivity index (χ0n) is 18.3. The topological polar surface area (TPSA) is 93.1 Å². The van der Waals surface area contributed by atoms with E-state index < -0.39 is 6.10 Å². The average Bonchev–Trinajstić information content (AvgIpc) is 2.78. The first kappa shape index (κ1) is 22.7. The monoisotopic (exact) mass is 427 g/mol. The first-order valence-electron chi connectivity index (χ1n) is 10.5. The molecule has 1 fully saturated rings. The molecule has 1 N–H and O–H groups in total. The molecule has 31 heavy (non-hydrogen) atoms. The molecule has 7 nitrogen and oxygen atoms in total. The molecule has 1 heterocycles. The summed E-state index contributed by atoms with van der Waals surface area (Å²) in [5.41, 5.74) is 2.67. The minimum absolute atomic E-state index is 0.0581. The lowest BCUT2D eigenvalue weighted by Crippen LogP contribution is -2.42. The predicted molar refractivity (Wildman–Crippen MR) is 114 cm³/mol. The number of aliphatic hydroxyl groups excluding tert-OH is 1. The third-order valence-electron chi connectivity index (χ3n) is 5.87. The van der Waals surface area contributed by atoms with E-state index in [4.69, 9.17) is 9.47 Å². The Kier molecular flexibility index (Phi) is 7.28. The van der Waals surface area contributed by atoms with E-state index in [2.05, 4.69) is 0 Å². The number of ketones is 2. The van der Waals surface area contributed by atoms with Gasteiger partial charge in [-0.05, 0) is 37.3 Å². The van der Waals surface area contributed by atoms with E-state index in [0.717, 1.165) is 24.0 Å². The Hall–Kier alpha value is -2.93. The summed E-state index contributed by atoms with van der Waals surface area (Å²) in [5, 5.41) is 9.73. The number of rotatable bonds is 7. The van der Waals surface area contributed by atoms with Crippen LogP contribution in [0.2, 0.25) is 0 Å². The van der Waals surface area contributed by atoms with Crippen LogP contribution in [0.3, 0.4) is 0 Å². The highest BCUT2D eigenvalue weighted by Crippen LogP contribution is 2.28. The maximum atomic E-state index is 12.8. The van der Waals surface area contributed by atoms with Crippen LogP contribution in [0.4, 0.5) is 0 Å². The van der Waals surface area contributed by atoms with Crippen LogP contribution in [-0.4, -0.2) is 60.9 Å². The second-order valence-corrected chi connectivity index (χ2v) is 7.96. The summed E-state index contributed by atoms with van der Waals surface area (Å²) in [5.74, 6) is -0.745. The molecule has 166 valence electrons. The molecule has 3 rings (SSSR count). The van der Waals surface area contributed by atoms with Gasteiger partial charge in [-0.1, -0.05) is 24.3 Å². The average molecular weight is 427 g/mol. The second-order valence-electron chi connectivity index (χ2n) is 7.96. The Morgan fingerprint density at radius 1 is 1.06 bits per heavy atom. The Morgan fingerprint density at radius 3 is 2.29 bits per heavy atom. The van der Waals surface area contributed by atoms with Crippen molar-refractivity contribution < 1.29 is 29.0 Å². The fourth-order valence-electron chi connectivity index (χ4n) is 4.02. The van der Waals surface area contributed by atoms with E-state index in [9.17, 15) is 19.5 Å². The van der Waals surface area contributed by atoms with E-state index in [1.54, 1.807) is 11.8 Å². The maximum absolute atomic E-state index is 12.8. The van der Waals surface area contributed by atoms with Gasteiger partial charge in [0.25, 0.3) is 0 Å². The number of allylic oxidation sites excluding steroid dienone is 2. The quantitative estimate of drug-likeness (QED) is 0.670. The normalized spacial score (nSPS) is 19.7. The molecule has 0 radical (unpaired) electrons. The van der Waals surface area contributed by atoms with Gasteiger partial charge in [0.1, 0.15) is 0 Å². The number of methoxy groups -OCH3 is 2. The molecule has 1 aromatic rings. The molecule has 2 aliphatic rings. The van der Waals surface area contributed by atoms with Gasteiger partial charge in [-0.3, -0.25) is 14.4 Å². The van der Waals surface area contributed by atoms with Gasteiger partial charge in [0, 0.05) is 37.1 Å². The lowest BCUT2D eigenvalue weighted by Gasteiger charge is -2.30. The molecule has 0 spiro atoms. The van der Waals surface area contributed by atoms with E-state index in [-0.39, 0.29) is 29.0 Å². The van der Waals surface area contributed by atoms with E-state index >= 15 is 0 Å². The molecule has 1 atom stereocenters. The SMILES string of the molecule is COC1=C(OC)C(=O)C(Cc2ccc(CCC(=O)N3CCCC(O)C3)cc2)=C(C)C1=O. The third kappa shape index (κ3) is 5.05. The lowest BCUT2D eigenvalue weighted by molar-refractivity contribution is -0.134. The summed E-state index contributed by atoms with van der Waals surface area (Å²) in [7, 11) is 2.69. The number of aryl methyl sites for hydroxylation is 1. The lowest BCUT2D eigenvalue weighted by atomic mass is 9.88. The Balaban J connectivity index is 1.63. The van der Waals surface area contributed by atoms with Crippen molar-refractivity contribution in [1.29, 1.82) is 0 Å². The van der Waals surface area contributed by atoms with Crippen LogP contribution < -0.4 is 0 Å². The van der Waals surface area contributed by atoms with Crippen LogP contribution in [0.5, 0.6) is 0 Å². The minimum Gasteiger partial charge on any atom is -0.489 e. The highest BCUT2D eigenvalue weighted by atomic mass is 16.5. The van der Waals surface area contributed by atoms with Gasteiger partial charge < -0.3 is 19.5 Å². The van der Waals surface area contributed by atoms with Crippen molar-refractivity contribution in [1.82, 2.24) is 4.90 Å². The van der Waals surface area contributed by atoms with Gasteiger partial charge in [0.2, 0.25) is 29.0 Å². The molecular formula is C24H29NO6. The fraction of sp³-hybridized carbons (Fsp3) is 0.458. The fourth-order valence-corrected chi connectivity index (χ4v) is 4.02. The number of hydrogen-bond donors (Lipinski definition) is 1. The van der Waals surface area contributed by atoms with E-state index in [0.29, 0.717) is 43.5 Å². The third-order valence-corrected chi connectivity index (χ3v) is 5.87. The summed E-state index contributed by atoms with van der Waals surface area (Å²) in [6.07, 6.45) is 2.49. The Bertz CT molecular complexity index is 928. The zero-order valence-corrected chi connectivity index (χ0v) is 18.3. The number of ether oxygens (including phenoxy) is 2. The smallest absolute Gasteiger partial charge is 0.228 e. The summed E-state index contributed by atoms with van der Waals surface area (Å²) in [6, 6.07) is 7.69. The number of aliphatic hydroxyl groups is 1. The molecule has 7 heteroatoms. The standard InChI is InChI=1S/C24H29NO6/c1-15-19(22(29)24(31-3)23(30-2)21(15)28)13-17-8-6-16(7-9-17)10-11-20(27)25-12-4-5-18(26)14-25/h6-9,18,26H,4-5,10-14H2,1-3H3. The summed E-state index contributed by atoms with van der Waals surface area (Å²) in [4.78, 5) is 39.4. The molecule has 0 bridgehead atoms. The van der Waals surface area contributed by atoms with Gasteiger partial charge >= 0.3 is 0 Å². The molecule has 1 aliphatic heterocycles. The Morgan fingerprint density at radius 2 is 1.68 bits per heavy atom. The maximum Gasteiger partial charge on any atom is 0.228 e. The van der Waals surface area contributed by atoms with Gasteiger partial charge in [-0.2, -0.15) is 0 Å². The largest absolute Gasteiger partial charge is 0.489 e. The molecule has 1 unspecified atom stereocenters. The number of likely N-dealkylation sites (tertiary alicyclic amines) is 1. The minimum atomic E-state index is -0.419. The molecule has 1 aliphatic carbocycles. The number of carbonyl (C=O) groups is 3. The van der Waals surface area contributed by atoms with Gasteiger partial charge in [0.15, 0.2) is 0 Å². The summed E-state index contributed by atoms with van der Waals surface area (Å²) in [6.45, 7) is 2.75. The number of amides is 1. The number of piperidine rings is 1. The number of carbonyl (C=O) groups excluding carboxylic acids is 3. The van der Waals surface area contributed by atoms with Crippen LogP contribution in [-0.2, 0) is 36.7 Å². The van der Waals surface area contributed by atoms with Gasteiger partial charge in [0.05, 0.1) is 20.3 Å². The first-order chi connectivity index (χ1) is 14.8. The predicted octanol–water partition coefficient (Wildman–Crippen LogP) is 2.12. The van der Waals surface area contributed by atoms with Crippen LogP contribution >= 0.6 is 0 Å². The van der Waals surface area contributed by atoms with Crippen LogP contribution in [0, 0.1) is 0 Å². The molecule has 1 saturated heterocycles. The Labute approximate surface area is 182 Å².